The van der Waals surface area contributed by atoms with Crippen LogP contribution in [0.2, 0.25) is 0 Å². The van der Waals surface area contributed by atoms with Gasteiger partial charge in [0.25, 0.3) is 5.91 Å². The number of aromatic nitrogens is 2. The molecule has 0 fully saturated rings. The highest BCUT2D eigenvalue weighted by Crippen LogP contribution is 2.18. The van der Waals surface area contributed by atoms with Crippen molar-refractivity contribution in [3.63, 3.8) is 0 Å². The van der Waals surface area contributed by atoms with Gasteiger partial charge >= 0.3 is 6.03 Å². The van der Waals surface area contributed by atoms with Gasteiger partial charge in [-0.2, -0.15) is 0 Å². The standard InChI is InChI=1S/C20H18N4O4S/c1-13-7-6-8-14(2)18(13)19(25)24-20(26)23-16-11-22-17(12-21-16)29(27,28)15-9-4-3-5-10-15/h3-12H,1-2H3,(H2,21,23,24,25,26). The third-order valence-corrected chi connectivity index (χ3v) is 5.79. The van der Waals surface area contributed by atoms with Crippen LogP contribution in [0.5, 0.6) is 0 Å². The van der Waals surface area contributed by atoms with Crippen molar-refractivity contribution in [1.29, 1.82) is 0 Å². The lowest BCUT2D eigenvalue weighted by atomic mass is 10.0. The number of amides is 3. The predicted molar refractivity (Wildman–Crippen MR) is 106 cm³/mol. The molecule has 1 heterocycles. The molecule has 8 nitrogen and oxygen atoms in total. The van der Waals surface area contributed by atoms with E-state index in [1.807, 2.05) is 6.07 Å². The van der Waals surface area contributed by atoms with Crippen LogP contribution >= 0.6 is 0 Å². The first-order valence-corrected chi connectivity index (χ1v) is 10.1. The van der Waals surface area contributed by atoms with Crippen LogP contribution in [0, 0.1) is 13.8 Å². The number of urea groups is 1. The molecule has 148 valence electrons. The van der Waals surface area contributed by atoms with Gasteiger partial charge in [0.15, 0.2) is 10.8 Å². The molecule has 0 bridgehead atoms. The lowest BCUT2D eigenvalue weighted by Gasteiger charge is -2.10. The van der Waals surface area contributed by atoms with E-state index in [4.69, 9.17) is 0 Å². The fraction of sp³-hybridized carbons (Fsp3) is 0.100. The van der Waals surface area contributed by atoms with Crippen molar-refractivity contribution in [2.24, 2.45) is 0 Å². The van der Waals surface area contributed by atoms with E-state index in [0.717, 1.165) is 23.5 Å². The van der Waals surface area contributed by atoms with Crippen LogP contribution in [0.25, 0.3) is 0 Å². The average molecular weight is 410 g/mol. The number of hydrogen-bond donors (Lipinski definition) is 2. The number of benzene rings is 2. The molecule has 2 aromatic carbocycles. The largest absolute Gasteiger partial charge is 0.327 e. The van der Waals surface area contributed by atoms with Crippen molar-refractivity contribution in [2.75, 3.05) is 5.32 Å². The minimum absolute atomic E-state index is 0.00353. The second kappa shape index (κ2) is 8.19. The van der Waals surface area contributed by atoms with Gasteiger partial charge in [-0.15, -0.1) is 0 Å². The Bertz CT molecular complexity index is 1140. The number of anilines is 1. The summed E-state index contributed by atoms with van der Waals surface area (Å²) in [5.74, 6) is -0.543. The van der Waals surface area contributed by atoms with Crippen LogP contribution in [0.1, 0.15) is 21.5 Å². The molecule has 29 heavy (non-hydrogen) atoms. The number of hydrogen-bond acceptors (Lipinski definition) is 6. The summed E-state index contributed by atoms with van der Waals surface area (Å²) >= 11 is 0. The second-order valence-electron chi connectivity index (χ2n) is 6.23. The molecular formula is C20H18N4O4S. The Morgan fingerprint density at radius 3 is 2.10 bits per heavy atom. The molecule has 0 atom stereocenters. The van der Waals surface area contributed by atoms with Gasteiger partial charge in [-0.3, -0.25) is 15.4 Å². The van der Waals surface area contributed by atoms with E-state index < -0.39 is 21.8 Å². The molecule has 9 heteroatoms. The van der Waals surface area contributed by atoms with Crippen LogP contribution in [0.4, 0.5) is 10.6 Å². The van der Waals surface area contributed by atoms with Gasteiger partial charge in [-0.25, -0.2) is 23.2 Å². The zero-order chi connectivity index (χ0) is 21.0. The monoisotopic (exact) mass is 410 g/mol. The minimum atomic E-state index is -3.80. The average Bonchev–Trinajstić information content (AvgIpc) is 2.69. The molecule has 0 aliphatic rings. The fourth-order valence-electron chi connectivity index (χ4n) is 2.73. The first kappa shape index (κ1) is 20.2. The highest BCUT2D eigenvalue weighted by Gasteiger charge is 2.20. The summed E-state index contributed by atoms with van der Waals surface area (Å²) in [6.07, 6.45) is 2.16. The van der Waals surface area contributed by atoms with Gasteiger partial charge in [0.05, 0.1) is 17.3 Å². The topological polar surface area (TPSA) is 118 Å². The highest BCUT2D eigenvalue weighted by molar-refractivity contribution is 7.91. The Labute approximate surface area is 167 Å². The van der Waals surface area contributed by atoms with E-state index >= 15 is 0 Å². The van der Waals surface area contributed by atoms with E-state index in [1.54, 1.807) is 44.2 Å². The van der Waals surface area contributed by atoms with E-state index in [2.05, 4.69) is 20.6 Å². The molecular weight excluding hydrogens is 392 g/mol. The molecule has 3 rings (SSSR count). The van der Waals surface area contributed by atoms with Gasteiger partial charge in [0.1, 0.15) is 0 Å². The summed E-state index contributed by atoms with van der Waals surface area (Å²) in [5.41, 5.74) is 1.90. The first-order valence-electron chi connectivity index (χ1n) is 8.60. The number of rotatable bonds is 4. The first-order chi connectivity index (χ1) is 13.8. The number of carbonyl (C=O) groups is 2. The van der Waals surface area contributed by atoms with Crippen LogP contribution < -0.4 is 10.6 Å². The predicted octanol–water partition coefficient (Wildman–Crippen LogP) is 2.89. The van der Waals surface area contributed by atoms with Crippen molar-refractivity contribution in [3.05, 3.63) is 77.6 Å². The zero-order valence-electron chi connectivity index (χ0n) is 15.7. The van der Waals surface area contributed by atoms with Gasteiger partial charge < -0.3 is 0 Å². The number of carbonyl (C=O) groups excluding carboxylic acids is 2. The van der Waals surface area contributed by atoms with Crippen molar-refractivity contribution in [3.8, 4) is 0 Å². The molecule has 0 aliphatic heterocycles. The molecule has 3 aromatic rings. The Morgan fingerprint density at radius 2 is 1.52 bits per heavy atom. The number of nitrogens with zero attached hydrogens (tertiary/aromatic N) is 2. The third-order valence-electron chi connectivity index (χ3n) is 4.13. The Morgan fingerprint density at radius 1 is 0.862 bits per heavy atom. The lowest BCUT2D eigenvalue weighted by molar-refractivity contribution is 0.0966. The maximum Gasteiger partial charge on any atom is 0.327 e. The van der Waals surface area contributed by atoms with Gasteiger partial charge in [0, 0.05) is 5.56 Å². The summed E-state index contributed by atoms with van der Waals surface area (Å²) in [6.45, 7) is 3.55. The molecule has 0 unspecified atom stereocenters. The second-order valence-corrected chi connectivity index (χ2v) is 8.13. The van der Waals surface area contributed by atoms with Crippen LogP contribution in [-0.4, -0.2) is 30.3 Å². The van der Waals surface area contributed by atoms with Gasteiger partial charge in [-0.05, 0) is 37.1 Å². The normalized spacial score (nSPS) is 11.0. The van der Waals surface area contributed by atoms with E-state index in [1.165, 1.54) is 12.1 Å². The summed E-state index contributed by atoms with van der Waals surface area (Å²) in [5, 5.41) is 4.33. The maximum atomic E-state index is 12.5. The fourth-order valence-corrected chi connectivity index (χ4v) is 3.87. The van der Waals surface area contributed by atoms with Crippen molar-refractivity contribution < 1.29 is 18.0 Å². The number of imide groups is 1. The molecule has 0 radical (unpaired) electrons. The summed E-state index contributed by atoms with van der Waals surface area (Å²) in [4.78, 5) is 32.3. The molecule has 0 saturated heterocycles. The maximum absolute atomic E-state index is 12.5. The zero-order valence-corrected chi connectivity index (χ0v) is 16.5. The quantitative estimate of drug-likeness (QED) is 0.683. The number of aryl methyl sites for hydroxylation is 2. The molecule has 1 aromatic heterocycles. The van der Waals surface area contributed by atoms with E-state index in [9.17, 15) is 18.0 Å². The summed E-state index contributed by atoms with van der Waals surface area (Å²) < 4.78 is 25.0. The Kier molecular flexibility index (Phi) is 5.69. The third kappa shape index (κ3) is 4.46. The SMILES string of the molecule is Cc1cccc(C)c1C(=O)NC(=O)Nc1cnc(S(=O)(=O)c2ccccc2)cn1. The molecule has 0 spiro atoms. The lowest BCUT2D eigenvalue weighted by Crippen LogP contribution is -2.35. The highest BCUT2D eigenvalue weighted by atomic mass is 32.2. The van der Waals surface area contributed by atoms with E-state index in [-0.39, 0.29) is 15.7 Å². The van der Waals surface area contributed by atoms with Crippen molar-refractivity contribution in [2.45, 2.75) is 23.8 Å². The van der Waals surface area contributed by atoms with Gasteiger partial charge in [-0.1, -0.05) is 36.4 Å². The smallest absolute Gasteiger partial charge is 0.291 e. The molecule has 2 N–H and O–H groups in total. The Balaban J connectivity index is 1.70. The van der Waals surface area contributed by atoms with E-state index in [0.29, 0.717) is 5.56 Å². The van der Waals surface area contributed by atoms with Crippen molar-refractivity contribution in [1.82, 2.24) is 15.3 Å². The molecule has 0 aliphatic carbocycles. The van der Waals surface area contributed by atoms with Crippen LogP contribution in [-0.2, 0) is 9.84 Å². The summed E-state index contributed by atoms with van der Waals surface area (Å²) in [7, 11) is -3.80. The number of nitrogens with one attached hydrogen (secondary N) is 2. The number of sulfone groups is 1. The molecule has 0 saturated carbocycles. The van der Waals surface area contributed by atoms with Gasteiger partial charge in [0.2, 0.25) is 9.84 Å². The van der Waals surface area contributed by atoms with Crippen LogP contribution in [0.15, 0.2) is 70.8 Å². The Hall–Kier alpha value is -3.59. The summed E-state index contributed by atoms with van der Waals surface area (Å²) in [6, 6.07) is 12.4. The minimum Gasteiger partial charge on any atom is -0.291 e. The molecule has 3 amide bonds. The van der Waals surface area contributed by atoms with Crippen LogP contribution in [0.3, 0.4) is 0 Å². The van der Waals surface area contributed by atoms with Crippen molar-refractivity contribution >= 4 is 27.6 Å².